The van der Waals surface area contributed by atoms with Crippen molar-refractivity contribution in [2.75, 3.05) is 5.32 Å². The van der Waals surface area contributed by atoms with Gasteiger partial charge in [0.25, 0.3) is 0 Å². The lowest BCUT2D eigenvalue weighted by atomic mass is 10.1. The van der Waals surface area contributed by atoms with E-state index in [0.29, 0.717) is 35.0 Å². The van der Waals surface area contributed by atoms with Crippen molar-refractivity contribution in [1.29, 1.82) is 0 Å². The summed E-state index contributed by atoms with van der Waals surface area (Å²) in [6, 6.07) is 15.6. The maximum Gasteiger partial charge on any atom is 0.359 e. The molecule has 4 aromatic rings. The van der Waals surface area contributed by atoms with Gasteiger partial charge < -0.3 is 4.42 Å². The zero-order valence-electron chi connectivity index (χ0n) is 16.4. The van der Waals surface area contributed by atoms with Gasteiger partial charge in [0, 0.05) is 12.0 Å². The highest BCUT2D eigenvalue weighted by molar-refractivity contribution is 5.82. The highest BCUT2D eigenvalue weighted by atomic mass is 19.1. The van der Waals surface area contributed by atoms with E-state index >= 15 is 0 Å². The lowest BCUT2D eigenvalue weighted by Gasteiger charge is -2.08. The second kappa shape index (κ2) is 7.75. The summed E-state index contributed by atoms with van der Waals surface area (Å²) < 4.78 is 35.6. The van der Waals surface area contributed by atoms with Gasteiger partial charge in [-0.3, -0.25) is 5.32 Å². The Hall–Kier alpha value is -3.87. The maximum absolute atomic E-state index is 14.5. The molecule has 1 aliphatic rings. The summed E-state index contributed by atoms with van der Waals surface area (Å²) in [5.74, 6) is 0.122. The fourth-order valence-electron chi connectivity index (χ4n) is 3.79. The summed E-state index contributed by atoms with van der Waals surface area (Å²) in [5, 5.41) is 3.20. The molecule has 5 rings (SSSR count). The highest BCUT2D eigenvalue weighted by Gasteiger charge is 2.41. The molecule has 1 aliphatic heterocycles. The standard InChI is InChI=1S/C24H17F2N3O2/c25-18-9-3-1-6-15(18)12-20-23-28-21(13-16-7-5-11-31-16)24(30)29(23)14-22(27-20)17-8-2-4-10-19(17)26/h1-11,14,21H,12-13H2/p+1. The molecule has 0 radical (unpaired) electrons. The summed E-state index contributed by atoms with van der Waals surface area (Å²) in [4.78, 5) is 17.7. The Morgan fingerprint density at radius 1 is 1.00 bits per heavy atom. The summed E-state index contributed by atoms with van der Waals surface area (Å²) in [5.41, 5.74) is 1.48. The van der Waals surface area contributed by atoms with Crippen molar-refractivity contribution in [3.63, 3.8) is 0 Å². The Kier molecular flexibility index (Phi) is 4.78. The van der Waals surface area contributed by atoms with Crippen molar-refractivity contribution in [2.24, 2.45) is 0 Å². The van der Waals surface area contributed by atoms with Crippen LogP contribution in [-0.2, 0) is 12.8 Å². The number of aromatic nitrogens is 2. The van der Waals surface area contributed by atoms with Crippen LogP contribution in [0.2, 0.25) is 0 Å². The van der Waals surface area contributed by atoms with E-state index in [1.165, 1.54) is 22.9 Å². The van der Waals surface area contributed by atoms with Crippen molar-refractivity contribution in [3.05, 3.63) is 102 Å². The number of halogens is 2. The first-order valence-corrected chi connectivity index (χ1v) is 9.87. The van der Waals surface area contributed by atoms with E-state index in [4.69, 9.17) is 4.42 Å². The van der Waals surface area contributed by atoms with Crippen molar-refractivity contribution < 1.29 is 22.6 Å². The molecule has 0 aliphatic carbocycles. The topological polar surface area (TPSA) is 59.0 Å². The molecule has 0 bridgehead atoms. The van der Waals surface area contributed by atoms with Crippen molar-refractivity contribution in [2.45, 2.75) is 18.9 Å². The van der Waals surface area contributed by atoms with Gasteiger partial charge in [0.15, 0.2) is 0 Å². The molecule has 2 aromatic heterocycles. The van der Waals surface area contributed by atoms with Crippen LogP contribution in [0.15, 0.2) is 77.5 Å². The first-order valence-electron chi connectivity index (χ1n) is 9.87. The van der Waals surface area contributed by atoms with Crippen LogP contribution in [0.4, 0.5) is 14.6 Å². The van der Waals surface area contributed by atoms with Crippen LogP contribution in [-0.4, -0.2) is 16.9 Å². The van der Waals surface area contributed by atoms with Gasteiger partial charge in [0.05, 0.1) is 12.7 Å². The number of fused-ring (bicyclic) bond motifs is 1. The van der Waals surface area contributed by atoms with Crippen LogP contribution < -0.4 is 9.88 Å². The average molecular weight is 418 g/mol. The van der Waals surface area contributed by atoms with Gasteiger partial charge in [-0.05, 0) is 35.9 Å². The number of carbonyl (C=O) groups excluding carboxylic acids is 1. The minimum absolute atomic E-state index is 0.151. The maximum atomic E-state index is 14.5. The molecule has 0 amide bonds. The predicted molar refractivity (Wildman–Crippen MR) is 109 cm³/mol. The molecule has 0 saturated carbocycles. The first kappa shape index (κ1) is 19.1. The van der Waals surface area contributed by atoms with Gasteiger partial charge in [0.1, 0.15) is 35.0 Å². The lowest BCUT2D eigenvalue weighted by Crippen LogP contribution is -2.44. The number of furan rings is 1. The van der Waals surface area contributed by atoms with E-state index in [1.807, 2.05) is 0 Å². The van der Waals surface area contributed by atoms with Gasteiger partial charge in [-0.1, -0.05) is 30.3 Å². The summed E-state index contributed by atoms with van der Waals surface area (Å²) in [6.45, 7) is 0. The monoisotopic (exact) mass is 418 g/mol. The van der Waals surface area contributed by atoms with Crippen LogP contribution >= 0.6 is 0 Å². The molecule has 0 fully saturated rings. The summed E-state index contributed by atoms with van der Waals surface area (Å²) in [6.07, 6.45) is 3.58. The van der Waals surface area contributed by atoms with E-state index in [9.17, 15) is 13.6 Å². The minimum atomic E-state index is -0.566. The smallest absolute Gasteiger partial charge is 0.359 e. The molecular formula is C24H18F2N3O2+. The summed E-state index contributed by atoms with van der Waals surface area (Å²) in [7, 11) is 0. The molecule has 31 heavy (non-hydrogen) atoms. The number of carbonyl (C=O) groups is 1. The van der Waals surface area contributed by atoms with Crippen molar-refractivity contribution >= 4 is 11.7 Å². The average Bonchev–Trinajstić information content (AvgIpc) is 3.39. The highest BCUT2D eigenvalue weighted by Crippen LogP contribution is 2.26. The van der Waals surface area contributed by atoms with Crippen molar-refractivity contribution in [1.82, 2.24) is 4.98 Å². The fourth-order valence-corrected chi connectivity index (χ4v) is 3.79. The van der Waals surface area contributed by atoms with Gasteiger partial charge in [-0.15, -0.1) is 0 Å². The number of hydrogen-bond donors (Lipinski definition) is 1. The molecular weight excluding hydrogens is 400 g/mol. The number of rotatable bonds is 5. The van der Waals surface area contributed by atoms with E-state index in [1.54, 1.807) is 54.8 Å². The van der Waals surface area contributed by atoms with Crippen LogP contribution in [0.3, 0.4) is 0 Å². The largest absolute Gasteiger partial charge is 0.469 e. The number of nitrogens with one attached hydrogen (secondary N) is 1. The molecule has 5 nitrogen and oxygen atoms in total. The van der Waals surface area contributed by atoms with Crippen molar-refractivity contribution in [3.8, 4) is 11.3 Å². The molecule has 0 saturated heterocycles. The number of hydrogen-bond acceptors (Lipinski definition) is 4. The molecule has 3 heterocycles. The van der Waals surface area contributed by atoms with Gasteiger partial charge in [-0.25, -0.2) is 18.6 Å². The van der Waals surface area contributed by atoms with Crippen LogP contribution in [0.25, 0.3) is 11.3 Å². The Morgan fingerprint density at radius 3 is 2.52 bits per heavy atom. The molecule has 7 heteroatoms. The second-order valence-corrected chi connectivity index (χ2v) is 7.36. The predicted octanol–water partition coefficient (Wildman–Crippen LogP) is 4.18. The van der Waals surface area contributed by atoms with Gasteiger partial charge >= 0.3 is 11.7 Å². The van der Waals surface area contributed by atoms with E-state index < -0.39 is 11.9 Å². The quantitative estimate of drug-likeness (QED) is 0.494. The normalized spacial score (nSPS) is 15.0. The fraction of sp³-hybridized carbons (Fsp3) is 0.125. The first-order chi connectivity index (χ1) is 15.1. The third-order valence-corrected chi connectivity index (χ3v) is 5.32. The Bertz CT molecular complexity index is 1270. The van der Waals surface area contributed by atoms with Gasteiger partial charge in [0.2, 0.25) is 6.04 Å². The summed E-state index contributed by atoms with van der Waals surface area (Å²) >= 11 is 0. The third kappa shape index (κ3) is 3.59. The molecule has 154 valence electrons. The Balaban J connectivity index is 1.60. The minimum Gasteiger partial charge on any atom is -0.469 e. The Morgan fingerprint density at radius 2 is 1.77 bits per heavy atom. The SMILES string of the molecule is O=C1C(Cc2ccco2)Nc2c(Cc3ccccc3F)nc(-c3ccccc3F)c[n+]21. The molecule has 1 N–H and O–H groups in total. The van der Waals surface area contributed by atoms with E-state index in [2.05, 4.69) is 10.3 Å². The number of anilines is 1. The number of benzene rings is 2. The van der Waals surface area contributed by atoms with E-state index in [0.717, 1.165) is 0 Å². The number of nitrogens with zero attached hydrogens (tertiary/aromatic N) is 2. The molecule has 1 atom stereocenters. The van der Waals surface area contributed by atoms with Crippen LogP contribution in [0.5, 0.6) is 0 Å². The molecule has 1 unspecified atom stereocenters. The molecule has 2 aromatic carbocycles. The van der Waals surface area contributed by atoms with E-state index in [-0.39, 0.29) is 23.7 Å². The molecule has 0 spiro atoms. The van der Waals surface area contributed by atoms with Gasteiger partial charge in [-0.2, -0.15) is 4.57 Å². The Labute approximate surface area is 177 Å². The zero-order valence-corrected chi connectivity index (χ0v) is 16.4. The van der Waals surface area contributed by atoms with Crippen LogP contribution in [0.1, 0.15) is 21.8 Å². The third-order valence-electron chi connectivity index (χ3n) is 5.32. The van der Waals surface area contributed by atoms with Crippen LogP contribution in [0, 0.1) is 11.6 Å². The zero-order chi connectivity index (χ0) is 21.4. The second-order valence-electron chi connectivity index (χ2n) is 7.36. The lowest BCUT2D eigenvalue weighted by molar-refractivity contribution is -0.552.